The van der Waals surface area contributed by atoms with Crippen LogP contribution in [0.3, 0.4) is 0 Å². The minimum atomic E-state index is 0.512. The maximum Gasteiger partial charge on any atom is 0.105 e. The Hall–Kier alpha value is -1.06. The summed E-state index contributed by atoms with van der Waals surface area (Å²) in [7, 11) is 2.16. The maximum absolute atomic E-state index is 5.35. The zero-order valence-electron chi connectivity index (χ0n) is 11.5. The third kappa shape index (κ3) is 3.95. The molecule has 19 heavy (non-hydrogen) atoms. The zero-order chi connectivity index (χ0) is 13.7. The molecule has 2 nitrogen and oxygen atoms in total. The fourth-order valence-electron chi connectivity index (χ4n) is 2.28. The second-order valence-corrected chi connectivity index (χ2v) is 5.61. The monoisotopic (exact) mass is 321 g/mol. The minimum Gasteiger partial charge on any atom is -0.469 e. The molecule has 0 fully saturated rings. The summed E-state index contributed by atoms with van der Waals surface area (Å²) in [5.41, 5.74) is 2.65. The van der Waals surface area contributed by atoms with Gasteiger partial charge in [-0.15, -0.1) is 0 Å². The molecule has 3 heteroatoms. The summed E-state index contributed by atoms with van der Waals surface area (Å²) in [5, 5.41) is 0.978. The van der Waals surface area contributed by atoms with Crippen LogP contribution in [-0.2, 0) is 6.54 Å². The Morgan fingerprint density at radius 2 is 1.95 bits per heavy atom. The van der Waals surface area contributed by atoms with Crippen LogP contribution in [0.2, 0.25) is 0 Å². The largest absolute Gasteiger partial charge is 0.469 e. The molecule has 1 heterocycles. The van der Waals surface area contributed by atoms with E-state index in [1.807, 2.05) is 6.92 Å². The van der Waals surface area contributed by atoms with Gasteiger partial charge in [-0.3, -0.25) is 0 Å². The Bertz CT molecular complexity index is 494. The molecule has 0 N–H and O–H groups in total. The standard InChI is InChI=1S/C16H20BrNO/c1-13-15(8-9-19-13)11-18(2)12-16(10-17)14-6-4-3-5-7-14/h3-9,16H,10-12H2,1-2H3. The van der Waals surface area contributed by atoms with Gasteiger partial charge in [0, 0.05) is 29.9 Å². The van der Waals surface area contributed by atoms with Crippen molar-refractivity contribution in [2.24, 2.45) is 0 Å². The Kier molecular flexibility index (Phi) is 5.23. The molecule has 0 aliphatic carbocycles. The van der Waals surface area contributed by atoms with Crippen LogP contribution < -0.4 is 0 Å². The lowest BCUT2D eigenvalue weighted by atomic mass is 10.0. The molecule has 0 aliphatic heterocycles. The van der Waals surface area contributed by atoms with Crippen molar-refractivity contribution < 1.29 is 4.42 Å². The predicted molar refractivity (Wildman–Crippen MR) is 82.8 cm³/mol. The summed E-state index contributed by atoms with van der Waals surface area (Å²) in [6, 6.07) is 12.7. The van der Waals surface area contributed by atoms with Gasteiger partial charge in [0.15, 0.2) is 0 Å². The van der Waals surface area contributed by atoms with Crippen LogP contribution >= 0.6 is 15.9 Å². The zero-order valence-corrected chi connectivity index (χ0v) is 13.1. The fraction of sp³-hybridized carbons (Fsp3) is 0.375. The normalized spacial score (nSPS) is 12.8. The van der Waals surface area contributed by atoms with Gasteiger partial charge < -0.3 is 9.32 Å². The van der Waals surface area contributed by atoms with Crippen molar-refractivity contribution in [3.63, 3.8) is 0 Å². The molecular weight excluding hydrogens is 302 g/mol. The van der Waals surface area contributed by atoms with Crippen LogP contribution in [0.5, 0.6) is 0 Å². The average molecular weight is 322 g/mol. The van der Waals surface area contributed by atoms with Gasteiger partial charge in [0.25, 0.3) is 0 Å². The molecule has 0 bridgehead atoms. The van der Waals surface area contributed by atoms with E-state index in [1.54, 1.807) is 6.26 Å². The van der Waals surface area contributed by atoms with Gasteiger partial charge in [-0.1, -0.05) is 46.3 Å². The van der Waals surface area contributed by atoms with Gasteiger partial charge in [-0.05, 0) is 25.6 Å². The fourth-order valence-corrected chi connectivity index (χ4v) is 2.85. The summed E-state index contributed by atoms with van der Waals surface area (Å²) < 4.78 is 5.35. The highest BCUT2D eigenvalue weighted by Gasteiger charge is 2.14. The first-order valence-electron chi connectivity index (χ1n) is 6.53. The van der Waals surface area contributed by atoms with E-state index in [0.29, 0.717) is 5.92 Å². The van der Waals surface area contributed by atoms with Crippen LogP contribution in [0.15, 0.2) is 47.1 Å². The summed E-state index contributed by atoms with van der Waals surface area (Å²) in [6.45, 7) is 3.97. The van der Waals surface area contributed by atoms with Gasteiger partial charge >= 0.3 is 0 Å². The number of likely N-dealkylation sites (N-methyl/N-ethyl adjacent to an activating group) is 1. The number of rotatable bonds is 6. The number of halogens is 1. The summed E-state index contributed by atoms with van der Waals surface area (Å²) in [6.07, 6.45) is 1.76. The van der Waals surface area contributed by atoms with Crippen LogP contribution in [0, 0.1) is 6.92 Å². The first-order chi connectivity index (χ1) is 9.20. The summed E-state index contributed by atoms with van der Waals surface area (Å²) >= 11 is 3.63. The second kappa shape index (κ2) is 6.92. The van der Waals surface area contributed by atoms with Crippen molar-refractivity contribution in [3.05, 3.63) is 59.5 Å². The number of nitrogens with zero attached hydrogens (tertiary/aromatic N) is 1. The van der Waals surface area contributed by atoms with Crippen LogP contribution in [0.25, 0.3) is 0 Å². The van der Waals surface area contributed by atoms with E-state index in [9.17, 15) is 0 Å². The van der Waals surface area contributed by atoms with E-state index in [0.717, 1.165) is 24.2 Å². The highest BCUT2D eigenvalue weighted by Crippen LogP contribution is 2.20. The first kappa shape index (κ1) is 14.4. The third-order valence-corrected chi connectivity index (χ3v) is 4.18. The van der Waals surface area contributed by atoms with E-state index in [4.69, 9.17) is 4.42 Å². The summed E-state index contributed by atoms with van der Waals surface area (Å²) in [4.78, 5) is 2.34. The van der Waals surface area contributed by atoms with Crippen molar-refractivity contribution in [3.8, 4) is 0 Å². The minimum absolute atomic E-state index is 0.512. The molecule has 1 unspecified atom stereocenters. The van der Waals surface area contributed by atoms with E-state index in [1.165, 1.54) is 11.1 Å². The van der Waals surface area contributed by atoms with E-state index in [-0.39, 0.29) is 0 Å². The lowest BCUT2D eigenvalue weighted by Crippen LogP contribution is -2.25. The van der Waals surface area contributed by atoms with Gasteiger partial charge in [-0.2, -0.15) is 0 Å². The van der Waals surface area contributed by atoms with Crippen molar-refractivity contribution in [2.45, 2.75) is 19.4 Å². The number of alkyl halides is 1. The summed E-state index contributed by atoms with van der Waals surface area (Å²) in [5.74, 6) is 1.53. The predicted octanol–water partition coefficient (Wildman–Crippen LogP) is 4.20. The number of furan rings is 1. The SMILES string of the molecule is Cc1occc1CN(C)CC(CBr)c1ccccc1. The highest BCUT2D eigenvalue weighted by molar-refractivity contribution is 9.09. The van der Waals surface area contributed by atoms with Crippen LogP contribution in [0.1, 0.15) is 22.8 Å². The molecule has 0 saturated carbocycles. The highest BCUT2D eigenvalue weighted by atomic mass is 79.9. The van der Waals surface area contributed by atoms with Gasteiger partial charge in [0.2, 0.25) is 0 Å². The lowest BCUT2D eigenvalue weighted by molar-refractivity contribution is 0.309. The quantitative estimate of drug-likeness (QED) is 0.741. The van der Waals surface area contributed by atoms with E-state index >= 15 is 0 Å². The van der Waals surface area contributed by atoms with Crippen LogP contribution in [0.4, 0.5) is 0 Å². The van der Waals surface area contributed by atoms with Crippen molar-refractivity contribution in [1.29, 1.82) is 0 Å². The van der Waals surface area contributed by atoms with Crippen molar-refractivity contribution in [1.82, 2.24) is 4.90 Å². The number of hydrogen-bond acceptors (Lipinski definition) is 2. The molecule has 0 saturated heterocycles. The molecule has 1 aromatic carbocycles. The van der Waals surface area contributed by atoms with Gasteiger partial charge in [-0.25, -0.2) is 0 Å². The maximum atomic E-state index is 5.35. The molecule has 0 aliphatic rings. The van der Waals surface area contributed by atoms with E-state index < -0.39 is 0 Å². The number of hydrogen-bond donors (Lipinski definition) is 0. The van der Waals surface area contributed by atoms with E-state index in [2.05, 4.69) is 64.3 Å². The Morgan fingerprint density at radius 3 is 2.53 bits per heavy atom. The molecule has 0 radical (unpaired) electrons. The third-order valence-electron chi connectivity index (χ3n) is 3.40. The lowest BCUT2D eigenvalue weighted by Gasteiger charge is -2.23. The molecule has 0 amide bonds. The molecule has 2 aromatic rings. The van der Waals surface area contributed by atoms with Crippen molar-refractivity contribution in [2.75, 3.05) is 18.9 Å². The molecule has 102 valence electrons. The Labute approximate surface area is 123 Å². The molecule has 1 aromatic heterocycles. The number of aryl methyl sites for hydroxylation is 1. The Morgan fingerprint density at radius 1 is 1.21 bits per heavy atom. The molecule has 2 rings (SSSR count). The molecular formula is C16H20BrNO. The van der Waals surface area contributed by atoms with Crippen LogP contribution in [-0.4, -0.2) is 23.8 Å². The molecule has 1 atom stereocenters. The van der Waals surface area contributed by atoms with Gasteiger partial charge in [0.1, 0.15) is 5.76 Å². The Balaban J connectivity index is 1.97. The second-order valence-electron chi connectivity index (χ2n) is 4.96. The first-order valence-corrected chi connectivity index (χ1v) is 7.65. The number of benzene rings is 1. The smallest absolute Gasteiger partial charge is 0.105 e. The molecule has 0 spiro atoms. The topological polar surface area (TPSA) is 16.4 Å². The van der Waals surface area contributed by atoms with Crippen molar-refractivity contribution >= 4 is 15.9 Å². The average Bonchev–Trinajstić information content (AvgIpc) is 2.82. The van der Waals surface area contributed by atoms with Gasteiger partial charge in [0.05, 0.1) is 6.26 Å².